The van der Waals surface area contributed by atoms with E-state index in [1.54, 1.807) is 0 Å². The van der Waals surface area contributed by atoms with Gasteiger partial charge in [0.05, 0.1) is 12.7 Å². The summed E-state index contributed by atoms with van der Waals surface area (Å²) in [5, 5.41) is 3.45. The molecule has 1 aliphatic rings. The molecule has 0 spiro atoms. The van der Waals surface area contributed by atoms with Crippen molar-refractivity contribution in [1.82, 2.24) is 5.32 Å². The molecule has 3 unspecified atom stereocenters. The largest absolute Gasteiger partial charge is 0.378 e. The van der Waals surface area contributed by atoms with Crippen LogP contribution in [0.15, 0.2) is 24.3 Å². The van der Waals surface area contributed by atoms with Crippen molar-refractivity contribution in [3.8, 4) is 0 Å². The van der Waals surface area contributed by atoms with Gasteiger partial charge in [-0.25, -0.2) is 0 Å². The molecule has 1 aromatic rings. The summed E-state index contributed by atoms with van der Waals surface area (Å²) in [4.78, 5) is 0. The summed E-state index contributed by atoms with van der Waals surface area (Å²) in [5.41, 5.74) is 2.83. The lowest BCUT2D eigenvalue weighted by Crippen LogP contribution is -2.25. The van der Waals surface area contributed by atoms with Gasteiger partial charge in [-0.15, -0.1) is 0 Å². The van der Waals surface area contributed by atoms with Crippen molar-refractivity contribution >= 4 is 0 Å². The van der Waals surface area contributed by atoms with Crippen molar-refractivity contribution in [2.75, 3.05) is 13.7 Å². The molecular weight excluding hydrogens is 222 g/mol. The molecule has 3 atom stereocenters. The van der Waals surface area contributed by atoms with Gasteiger partial charge in [-0.05, 0) is 37.9 Å². The first-order valence-corrected chi connectivity index (χ1v) is 7.12. The highest BCUT2D eigenvalue weighted by atomic mass is 16.5. The van der Waals surface area contributed by atoms with Gasteiger partial charge in [-0.1, -0.05) is 37.6 Å². The summed E-state index contributed by atoms with van der Waals surface area (Å²) in [6.45, 7) is 5.27. The number of ether oxygens (including phenoxy) is 1. The maximum absolute atomic E-state index is 5.69. The monoisotopic (exact) mass is 247 g/mol. The molecule has 1 aliphatic heterocycles. The maximum atomic E-state index is 5.69. The molecule has 0 bridgehead atoms. The lowest BCUT2D eigenvalue weighted by atomic mass is 9.90. The number of hydrogen-bond donors (Lipinski definition) is 1. The van der Waals surface area contributed by atoms with Crippen molar-refractivity contribution in [3.63, 3.8) is 0 Å². The molecule has 0 aliphatic carbocycles. The predicted molar refractivity (Wildman–Crippen MR) is 75.8 cm³/mol. The van der Waals surface area contributed by atoms with Gasteiger partial charge in [0, 0.05) is 12.0 Å². The van der Waals surface area contributed by atoms with Gasteiger partial charge in [0.2, 0.25) is 0 Å². The fourth-order valence-electron chi connectivity index (χ4n) is 2.94. The van der Waals surface area contributed by atoms with Gasteiger partial charge >= 0.3 is 0 Å². The zero-order chi connectivity index (χ0) is 13.0. The second-order valence-corrected chi connectivity index (χ2v) is 5.40. The molecule has 0 saturated carbocycles. The molecule has 0 aromatic heterocycles. The lowest BCUT2D eigenvalue weighted by Gasteiger charge is -2.22. The van der Waals surface area contributed by atoms with Crippen LogP contribution in [0.3, 0.4) is 0 Å². The van der Waals surface area contributed by atoms with Gasteiger partial charge in [0.25, 0.3) is 0 Å². The van der Waals surface area contributed by atoms with Gasteiger partial charge < -0.3 is 10.1 Å². The standard InChI is InChI=1S/C16H25NO/c1-4-5-13-6-8-14(9-7-13)16(17-3)15-10-12(2)18-11-15/h6-9,12,15-17H,4-5,10-11H2,1-3H3. The molecule has 2 nitrogen and oxygen atoms in total. The molecule has 100 valence electrons. The Hall–Kier alpha value is -0.860. The highest BCUT2D eigenvalue weighted by molar-refractivity contribution is 5.26. The number of rotatable bonds is 5. The Kier molecular flexibility index (Phi) is 4.79. The van der Waals surface area contributed by atoms with Crippen LogP contribution in [-0.4, -0.2) is 19.8 Å². The van der Waals surface area contributed by atoms with Crippen LogP contribution in [0.1, 0.15) is 43.9 Å². The summed E-state index contributed by atoms with van der Waals surface area (Å²) < 4.78 is 5.69. The van der Waals surface area contributed by atoms with Crippen LogP contribution in [0.25, 0.3) is 0 Å². The zero-order valence-corrected chi connectivity index (χ0v) is 11.8. The second kappa shape index (κ2) is 6.35. The maximum Gasteiger partial charge on any atom is 0.0551 e. The van der Waals surface area contributed by atoms with E-state index < -0.39 is 0 Å². The highest BCUT2D eigenvalue weighted by Crippen LogP contribution is 2.31. The van der Waals surface area contributed by atoms with E-state index in [1.807, 2.05) is 7.05 Å². The predicted octanol–water partition coefficient (Wildman–Crippen LogP) is 3.32. The van der Waals surface area contributed by atoms with Gasteiger partial charge in [0.1, 0.15) is 0 Å². The first-order chi connectivity index (χ1) is 8.74. The van der Waals surface area contributed by atoms with E-state index in [0.29, 0.717) is 18.1 Å². The van der Waals surface area contributed by atoms with Gasteiger partial charge in [0.15, 0.2) is 0 Å². The first kappa shape index (κ1) is 13.6. The number of nitrogens with one attached hydrogen (secondary N) is 1. The molecule has 0 radical (unpaired) electrons. The molecular formula is C16H25NO. The van der Waals surface area contributed by atoms with Crippen LogP contribution in [0.2, 0.25) is 0 Å². The van der Waals surface area contributed by atoms with Crippen LogP contribution < -0.4 is 5.32 Å². The van der Waals surface area contributed by atoms with E-state index in [1.165, 1.54) is 24.0 Å². The van der Waals surface area contributed by atoms with E-state index in [-0.39, 0.29) is 0 Å². The normalized spacial score (nSPS) is 25.3. The van der Waals surface area contributed by atoms with E-state index in [2.05, 4.69) is 43.4 Å². The van der Waals surface area contributed by atoms with Crippen LogP contribution in [0, 0.1) is 5.92 Å². The summed E-state index contributed by atoms with van der Waals surface area (Å²) in [7, 11) is 2.05. The SMILES string of the molecule is CCCc1ccc(C(NC)C2COC(C)C2)cc1. The van der Waals surface area contributed by atoms with Crippen LogP contribution in [0.5, 0.6) is 0 Å². The molecule has 2 rings (SSSR count). The summed E-state index contributed by atoms with van der Waals surface area (Å²) in [5.74, 6) is 0.599. The zero-order valence-electron chi connectivity index (χ0n) is 11.8. The van der Waals surface area contributed by atoms with E-state index in [4.69, 9.17) is 4.74 Å². The Morgan fingerprint density at radius 3 is 2.56 bits per heavy atom. The lowest BCUT2D eigenvalue weighted by molar-refractivity contribution is 0.117. The van der Waals surface area contributed by atoms with Crippen molar-refractivity contribution in [3.05, 3.63) is 35.4 Å². The average molecular weight is 247 g/mol. The number of benzene rings is 1. The van der Waals surface area contributed by atoms with Crippen LogP contribution >= 0.6 is 0 Å². The Morgan fingerprint density at radius 2 is 2.06 bits per heavy atom. The highest BCUT2D eigenvalue weighted by Gasteiger charge is 2.29. The quantitative estimate of drug-likeness (QED) is 0.862. The number of hydrogen-bond acceptors (Lipinski definition) is 2. The minimum absolute atomic E-state index is 0.408. The second-order valence-electron chi connectivity index (χ2n) is 5.40. The summed E-state index contributed by atoms with van der Waals surface area (Å²) in [6.07, 6.45) is 3.95. The van der Waals surface area contributed by atoms with Gasteiger partial charge in [-0.2, -0.15) is 0 Å². The third-order valence-corrected chi connectivity index (χ3v) is 3.89. The summed E-state index contributed by atoms with van der Waals surface area (Å²) in [6, 6.07) is 9.50. The first-order valence-electron chi connectivity index (χ1n) is 7.12. The van der Waals surface area contributed by atoms with Crippen molar-refractivity contribution < 1.29 is 4.74 Å². The minimum atomic E-state index is 0.408. The molecule has 0 amide bonds. The Balaban J connectivity index is 2.07. The fourth-order valence-corrected chi connectivity index (χ4v) is 2.94. The Labute approximate surface area is 111 Å². The molecule has 1 fully saturated rings. The Bertz CT molecular complexity index is 360. The fraction of sp³-hybridized carbons (Fsp3) is 0.625. The topological polar surface area (TPSA) is 21.3 Å². The molecule has 1 aromatic carbocycles. The molecule has 1 saturated heterocycles. The van der Waals surface area contributed by atoms with E-state index in [0.717, 1.165) is 13.0 Å². The molecule has 18 heavy (non-hydrogen) atoms. The van der Waals surface area contributed by atoms with E-state index in [9.17, 15) is 0 Å². The molecule has 1 N–H and O–H groups in total. The minimum Gasteiger partial charge on any atom is -0.378 e. The third-order valence-electron chi connectivity index (χ3n) is 3.89. The average Bonchev–Trinajstić information content (AvgIpc) is 2.79. The number of aryl methyl sites for hydroxylation is 1. The summed E-state index contributed by atoms with van der Waals surface area (Å²) >= 11 is 0. The van der Waals surface area contributed by atoms with Crippen molar-refractivity contribution in [1.29, 1.82) is 0 Å². The smallest absolute Gasteiger partial charge is 0.0551 e. The van der Waals surface area contributed by atoms with Gasteiger partial charge in [-0.3, -0.25) is 0 Å². The van der Waals surface area contributed by atoms with Crippen molar-refractivity contribution in [2.45, 2.75) is 45.3 Å². The van der Waals surface area contributed by atoms with Crippen LogP contribution in [0.4, 0.5) is 0 Å². The van der Waals surface area contributed by atoms with Crippen molar-refractivity contribution in [2.24, 2.45) is 5.92 Å². The Morgan fingerprint density at radius 1 is 1.33 bits per heavy atom. The third kappa shape index (κ3) is 3.12. The molecule has 1 heterocycles. The van der Waals surface area contributed by atoms with E-state index >= 15 is 0 Å². The van der Waals surface area contributed by atoms with Crippen LogP contribution in [-0.2, 0) is 11.2 Å². The molecule has 2 heteroatoms.